The van der Waals surface area contributed by atoms with Crippen LogP contribution < -0.4 is 20.9 Å². The summed E-state index contributed by atoms with van der Waals surface area (Å²) in [5, 5.41) is 5.61. The summed E-state index contributed by atoms with van der Waals surface area (Å²) in [5.41, 5.74) is 2.37. The maximum atomic E-state index is 13.3. The van der Waals surface area contributed by atoms with Crippen LogP contribution in [0.5, 0.6) is 5.88 Å². The summed E-state index contributed by atoms with van der Waals surface area (Å²) in [6, 6.07) is 5.52. The lowest BCUT2D eigenvalue weighted by atomic mass is 10.1. The number of rotatable bonds is 11. The summed E-state index contributed by atoms with van der Waals surface area (Å²) < 4.78 is 12.3. The normalized spacial score (nSPS) is 11.9. The maximum Gasteiger partial charge on any atom is 0.293 e. The Balaban J connectivity index is 1.99. The molecule has 2 N–H and O–H groups in total. The summed E-state index contributed by atoms with van der Waals surface area (Å²) in [5.74, 6) is 0.222. The van der Waals surface area contributed by atoms with Gasteiger partial charge in [0.2, 0.25) is 11.8 Å². The van der Waals surface area contributed by atoms with Gasteiger partial charge in [0.1, 0.15) is 0 Å². The second-order valence-corrected chi connectivity index (χ2v) is 7.58. The van der Waals surface area contributed by atoms with Gasteiger partial charge in [0, 0.05) is 56.3 Å². The second-order valence-electron chi connectivity index (χ2n) is 7.58. The van der Waals surface area contributed by atoms with E-state index in [-0.39, 0.29) is 29.7 Å². The first-order valence-electron chi connectivity index (χ1n) is 10.9. The van der Waals surface area contributed by atoms with Gasteiger partial charge in [-0.1, -0.05) is 13.8 Å². The highest BCUT2D eigenvalue weighted by Gasteiger charge is 2.16. The molecule has 10 heteroatoms. The van der Waals surface area contributed by atoms with Crippen LogP contribution in [0.2, 0.25) is 0 Å². The first-order chi connectivity index (χ1) is 16.0. The fourth-order valence-electron chi connectivity index (χ4n) is 3.28. The number of nitrogens with one attached hydrogen (secondary N) is 2. The van der Waals surface area contributed by atoms with E-state index in [0.29, 0.717) is 36.8 Å². The Kier molecular flexibility index (Phi) is 8.31. The van der Waals surface area contributed by atoms with Gasteiger partial charge in [0.15, 0.2) is 11.5 Å². The third-order valence-corrected chi connectivity index (χ3v) is 5.16. The third-order valence-electron chi connectivity index (χ3n) is 5.16. The largest absolute Gasteiger partial charge is 0.481 e. The maximum absolute atomic E-state index is 13.3. The number of nitrogens with zero attached hydrogens (tertiary/aromatic N) is 4. The molecule has 0 aliphatic carbocycles. The molecule has 10 nitrogen and oxygen atoms in total. The van der Waals surface area contributed by atoms with Crippen LogP contribution in [-0.2, 0) is 16.1 Å². The molecule has 0 saturated carbocycles. The number of hydrogen-bond donors (Lipinski definition) is 2. The number of pyridine rings is 2. The third kappa shape index (κ3) is 5.83. The molecule has 0 unspecified atom stereocenters. The standard InChI is InChI=1S/C23H30N6O4/c1-5-9-33-10-8-29-18-11-17(16-6-7-19(32-4)25-13-16)14-27-20(18)28-21(23(29)31)26-12-15(2)22(30)24-3/h6-7,11,13-15H,5,8-10,12H2,1-4H3,(H,24,30)(H,26,27,28)/t15-/m0/s1. The van der Waals surface area contributed by atoms with Crippen molar-refractivity contribution in [1.29, 1.82) is 0 Å². The van der Waals surface area contributed by atoms with Crippen molar-refractivity contribution >= 4 is 22.9 Å². The topological polar surface area (TPSA) is 120 Å². The van der Waals surface area contributed by atoms with E-state index >= 15 is 0 Å². The number of fused-ring (bicyclic) bond motifs is 1. The highest BCUT2D eigenvalue weighted by molar-refractivity contribution is 5.80. The van der Waals surface area contributed by atoms with Crippen LogP contribution in [0, 0.1) is 5.92 Å². The Bertz CT molecular complexity index is 1150. The van der Waals surface area contributed by atoms with Gasteiger partial charge in [-0.25, -0.2) is 15.0 Å². The van der Waals surface area contributed by atoms with Crippen molar-refractivity contribution in [2.45, 2.75) is 26.8 Å². The molecular formula is C23H30N6O4. The molecule has 33 heavy (non-hydrogen) atoms. The van der Waals surface area contributed by atoms with Crippen molar-refractivity contribution in [3.8, 4) is 17.0 Å². The van der Waals surface area contributed by atoms with Crippen molar-refractivity contribution in [3.05, 3.63) is 40.9 Å². The minimum atomic E-state index is -0.328. The van der Waals surface area contributed by atoms with E-state index < -0.39 is 0 Å². The number of carbonyl (C=O) groups is 1. The Labute approximate surface area is 192 Å². The Morgan fingerprint density at radius 3 is 2.64 bits per heavy atom. The van der Waals surface area contributed by atoms with Gasteiger partial charge in [0.25, 0.3) is 5.56 Å². The van der Waals surface area contributed by atoms with Crippen molar-refractivity contribution < 1.29 is 14.3 Å². The average Bonchev–Trinajstić information content (AvgIpc) is 2.85. The van der Waals surface area contributed by atoms with Crippen molar-refractivity contribution in [1.82, 2.24) is 24.8 Å². The molecule has 0 spiro atoms. The number of aromatic nitrogens is 4. The minimum Gasteiger partial charge on any atom is -0.481 e. The fourth-order valence-corrected chi connectivity index (χ4v) is 3.28. The van der Waals surface area contributed by atoms with Crippen LogP contribution in [0.1, 0.15) is 20.3 Å². The van der Waals surface area contributed by atoms with Crippen molar-refractivity contribution in [2.75, 3.05) is 39.2 Å². The molecule has 0 aromatic carbocycles. The summed E-state index contributed by atoms with van der Waals surface area (Å²) in [7, 11) is 3.14. The molecule has 0 saturated heterocycles. The van der Waals surface area contributed by atoms with Gasteiger partial charge in [-0.2, -0.15) is 0 Å². The number of carbonyl (C=O) groups excluding carboxylic acids is 1. The molecule has 0 aliphatic heterocycles. The van der Waals surface area contributed by atoms with E-state index in [1.807, 2.05) is 19.1 Å². The molecule has 1 atom stereocenters. The highest BCUT2D eigenvalue weighted by atomic mass is 16.5. The number of hydrogen-bond acceptors (Lipinski definition) is 8. The van der Waals surface area contributed by atoms with Crippen LogP contribution >= 0.6 is 0 Å². The molecule has 0 bridgehead atoms. The molecule has 0 aliphatic rings. The monoisotopic (exact) mass is 454 g/mol. The van der Waals surface area contributed by atoms with E-state index in [9.17, 15) is 9.59 Å². The van der Waals surface area contributed by atoms with E-state index in [2.05, 4.69) is 25.6 Å². The highest BCUT2D eigenvalue weighted by Crippen LogP contribution is 2.23. The lowest BCUT2D eigenvalue weighted by Crippen LogP contribution is -2.33. The van der Waals surface area contributed by atoms with Gasteiger partial charge < -0.3 is 20.1 Å². The Morgan fingerprint density at radius 2 is 1.97 bits per heavy atom. The Morgan fingerprint density at radius 1 is 1.18 bits per heavy atom. The lowest BCUT2D eigenvalue weighted by Gasteiger charge is -2.15. The van der Waals surface area contributed by atoms with Crippen LogP contribution in [0.15, 0.2) is 35.4 Å². The molecule has 0 radical (unpaired) electrons. The smallest absolute Gasteiger partial charge is 0.293 e. The van der Waals surface area contributed by atoms with Gasteiger partial charge in [-0.3, -0.25) is 14.2 Å². The van der Waals surface area contributed by atoms with Crippen molar-refractivity contribution in [3.63, 3.8) is 0 Å². The van der Waals surface area contributed by atoms with E-state index in [0.717, 1.165) is 17.5 Å². The van der Waals surface area contributed by atoms with Crippen molar-refractivity contribution in [2.24, 2.45) is 5.92 Å². The zero-order valence-electron chi connectivity index (χ0n) is 19.4. The zero-order valence-corrected chi connectivity index (χ0v) is 19.4. The molecule has 3 rings (SSSR count). The first kappa shape index (κ1) is 24.1. The van der Waals surface area contributed by atoms with Crippen LogP contribution in [0.4, 0.5) is 5.82 Å². The number of methoxy groups -OCH3 is 1. The molecule has 3 aromatic rings. The quantitative estimate of drug-likeness (QED) is 0.423. The summed E-state index contributed by atoms with van der Waals surface area (Å²) in [6.07, 6.45) is 4.28. The number of amides is 1. The first-order valence-corrected chi connectivity index (χ1v) is 10.9. The van der Waals surface area contributed by atoms with Gasteiger partial charge >= 0.3 is 0 Å². The minimum absolute atomic E-state index is 0.118. The lowest BCUT2D eigenvalue weighted by molar-refractivity contribution is -0.123. The molecule has 3 aromatic heterocycles. The number of anilines is 1. The molecule has 176 valence electrons. The van der Waals surface area contributed by atoms with Crippen LogP contribution in [0.25, 0.3) is 22.3 Å². The van der Waals surface area contributed by atoms with Crippen LogP contribution in [0.3, 0.4) is 0 Å². The van der Waals surface area contributed by atoms with E-state index in [1.54, 1.807) is 44.1 Å². The molecular weight excluding hydrogens is 424 g/mol. The van der Waals surface area contributed by atoms with Gasteiger partial charge in [-0.15, -0.1) is 0 Å². The van der Waals surface area contributed by atoms with Crippen LogP contribution in [-0.4, -0.2) is 59.3 Å². The SMILES string of the molecule is CCCOCCn1c(=O)c(NC[C@H](C)C(=O)NC)nc2ncc(-c3ccc(OC)nc3)cc21. The molecule has 3 heterocycles. The van der Waals surface area contributed by atoms with Gasteiger partial charge in [0.05, 0.1) is 25.2 Å². The summed E-state index contributed by atoms with van der Waals surface area (Å²) in [4.78, 5) is 38.2. The second kappa shape index (κ2) is 11.4. The predicted molar refractivity (Wildman–Crippen MR) is 126 cm³/mol. The Hall–Kier alpha value is -3.53. The molecule has 1 amide bonds. The van der Waals surface area contributed by atoms with E-state index in [4.69, 9.17) is 9.47 Å². The summed E-state index contributed by atoms with van der Waals surface area (Å²) in [6.45, 7) is 5.43. The summed E-state index contributed by atoms with van der Waals surface area (Å²) >= 11 is 0. The average molecular weight is 455 g/mol. The fraction of sp³-hybridized carbons (Fsp3) is 0.435. The zero-order chi connectivity index (χ0) is 23.8. The molecule has 0 fully saturated rings. The predicted octanol–water partition coefficient (Wildman–Crippen LogP) is 2.08. The van der Waals surface area contributed by atoms with E-state index in [1.165, 1.54) is 0 Å². The van der Waals surface area contributed by atoms with Gasteiger partial charge in [-0.05, 0) is 18.6 Å². The number of ether oxygens (including phenoxy) is 2.